The smallest absolute Gasteiger partial charge is 0.288 e. The molecule has 2 rings (SSSR count). The van der Waals surface area contributed by atoms with Crippen LogP contribution in [0.3, 0.4) is 0 Å². The molecule has 1 heterocycles. The Morgan fingerprint density at radius 1 is 1.63 bits per heavy atom. The van der Waals surface area contributed by atoms with Crippen LogP contribution in [0.5, 0.6) is 0 Å². The van der Waals surface area contributed by atoms with E-state index in [0.717, 1.165) is 12.6 Å². The summed E-state index contributed by atoms with van der Waals surface area (Å²) in [5.41, 5.74) is 0.00828. The van der Waals surface area contributed by atoms with Crippen LogP contribution in [0.15, 0.2) is 12.3 Å². The Morgan fingerprint density at radius 3 is 2.84 bits per heavy atom. The van der Waals surface area contributed by atoms with Crippen LogP contribution in [-0.4, -0.2) is 29.4 Å². The topological polar surface area (TPSA) is 97.2 Å². The molecule has 0 bridgehead atoms. The van der Waals surface area contributed by atoms with E-state index in [1.54, 1.807) is 7.05 Å². The number of aromatic nitrogens is 1. The normalized spacial score (nSPS) is 20.7. The van der Waals surface area contributed by atoms with E-state index < -0.39 is 4.92 Å². The summed E-state index contributed by atoms with van der Waals surface area (Å²) >= 11 is 0. The van der Waals surface area contributed by atoms with E-state index in [2.05, 4.69) is 22.5 Å². The lowest BCUT2D eigenvalue weighted by molar-refractivity contribution is -0.385. The number of hydrogen-bond donors (Lipinski definition) is 2. The maximum absolute atomic E-state index is 12.0. The first-order valence-electron chi connectivity index (χ1n) is 6.13. The van der Waals surface area contributed by atoms with Crippen molar-refractivity contribution < 1.29 is 9.72 Å². The number of hydrogen-bond acceptors (Lipinski definition) is 5. The Bertz CT molecular complexity index is 518. The second kappa shape index (κ2) is 5.21. The number of amides is 1. The summed E-state index contributed by atoms with van der Waals surface area (Å²) in [6.07, 6.45) is 2.25. The van der Waals surface area contributed by atoms with Crippen molar-refractivity contribution in [2.45, 2.75) is 13.3 Å². The minimum atomic E-state index is -0.563. The van der Waals surface area contributed by atoms with Crippen molar-refractivity contribution in [1.29, 1.82) is 0 Å². The van der Waals surface area contributed by atoms with E-state index in [0.29, 0.717) is 24.2 Å². The van der Waals surface area contributed by atoms with Crippen molar-refractivity contribution in [3.8, 4) is 0 Å². The van der Waals surface area contributed by atoms with E-state index in [1.165, 1.54) is 6.07 Å². The van der Waals surface area contributed by atoms with Gasteiger partial charge in [0.1, 0.15) is 12.0 Å². The lowest BCUT2D eigenvalue weighted by atomic mass is 10.2. The molecule has 7 nitrogen and oxygen atoms in total. The Morgan fingerprint density at radius 2 is 2.32 bits per heavy atom. The number of anilines is 1. The van der Waals surface area contributed by atoms with Gasteiger partial charge in [0.05, 0.1) is 10.5 Å². The highest BCUT2D eigenvalue weighted by Gasteiger charge is 2.32. The molecular weight excluding hydrogens is 248 g/mol. The molecule has 1 fully saturated rings. The second-order valence-electron chi connectivity index (χ2n) is 4.78. The van der Waals surface area contributed by atoms with Crippen LogP contribution in [0, 0.1) is 22.0 Å². The van der Waals surface area contributed by atoms with Crippen molar-refractivity contribution in [2.24, 2.45) is 11.8 Å². The fourth-order valence-electron chi connectivity index (χ4n) is 1.93. The Balaban J connectivity index is 2.13. The molecule has 102 valence electrons. The first-order chi connectivity index (χ1) is 9.02. The molecule has 19 heavy (non-hydrogen) atoms. The van der Waals surface area contributed by atoms with E-state index >= 15 is 0 Å². The maximum atomic E-state index is 12.0. The highest BCUT2D eigenvalue weighted by molar-refractivity contribution is 5.99. The lowest BCUT2D eigenvalue weighted by Gasteiger charge is -2.08. The Labute approximate surface area is 110 Å². The highest BCUT2D eigenvalue weighted by atomic mass is 16.6. The quantitative estimate of drug-likeness (QED) is 0.619. The first kappa shape index (κ1) is 13.3. The van der Waals surface area contributed by atoms with E-state index in [9.17, 15) is 14.9 Å². The van der Waals surface area contributed by atoms with Crippen molar-refractivity contribution in [3.05, 3.63) is 27.9 Å². The lowest BCUT2D eigenvalue weighted by Crippen LogP contribution is -2.27. The van der Waals surface area contributed by atoms with Gasteiger partial charge in [-0.1, -0.05) is 6.92 Å². The number of nitrogens with one attached hydrogen (secondary N) is 2. The molecule has 1 aliphatic carbocycles. The van der Waals surface area contributed by atoms with Gasteiger partial charge in [-0.2, -0.15) is 0 Å². The standard InChI is InChI=1S/C12H16N4O3/c1-7-3-8(7)5-15-12(17)10-4-9(16(18)19)6-14-11(10)13-2/h4,6-8H,3,5H2,1-2H3,(H,13,14)(H,15,17). The van der Waals surface area contributed by atoms with Gasteiger partial charge < -0.3 is 10.6 Å². The zero-order valence-corrected chi connectivity index (χ0v) is 10.8. The van der Waals surface area contributed by atoms with Crippen LogP contribution in [0.25, 0.3) is 0 Å². The van der Waals surface area contributed by atoms with Gasteiger partial charge in [0.15, 0.2) is 0 Å². The number of carbonyl (C=O) groups excluding carboxylic acids is 1. The molecule has 2 N–H and O–H groups in total. The van der Waals surface area contributed by atoms with Gasteiger partial charge in [0, 0.05) is 19.7 Å². The van der Waals surface area contributed by atoms with Gasteiger partial charge in [-0.15, -0.1) is 0 Å². The van der Waals surface area contributed by atoms with E-state index in [1.807, 2.05) is 0 Å². The van der Waals surface area contributed by atoms with E-state index in [-0.39, 0.29) is 17.2 Å². The number of nitrogens with zero attached hydrogens (tertiary/aromatic N) is 2. The summed E-state index contributed by atoms with van der Waals surface area (Å²) in [5.74, 6) is 1.17. The third-order valence-electron chi connectivity index (χ3n) is 3.37. The van der Waals surface area contributed by atoms with Gasteiger partial charge in [-0.3, -0.25) is 14.9 Å². The molecule has 1 aliphatic rings. The molecule has 0 saturated heterocycles. The summed E-state index contributed by atoms with van der Waals surface area (Å²) in [6.45, 7) is 2.73. The third kappa shape index (κ3) is 2.98. The Kier molecular flexibility index (Phi) is 3.64. The fourth-order valence-corrected chi connectivity index (χ4v) is 1.93. The predicted molar refractivity (Wildman–Crippen MR) is 70.0 cm³/mol. The molecule has 0 spiro atoms. The number of pyridine rings is 1. The minimum Gasteiger partial charge on any atom is -0.372 e. The number of carbonyl (C=O) groups is 1. The van der Waals surface area contributed by atoms with Crippen molar-refractivity contribution in [3.63, 3.8) is 0 Å². The predicted octanol–water partition coefficient (Wildman–Crippen LogP) is 1.42. The third-order valence-corrected chi connectivity index (χ3v) is 3.37. The molecule has 1 saturated carbocycles. The Hall–Kier alpha value is -2.18. The van der Waals surface area contributed by atoms with Gasteiger partial charge in [-0.25, -0.2) is 4.98 Å². The summed E-state index contributed by atoms with van der Waals surface area (Å²) in [4.78, 5) is 26.1. The van der Waals surface area contributed by atoms with E-state index in [4.69, 9.17) is 0 Å². The number of rotatable bonds is 5. The molecule has 0 radical (unpaired) electrons. The largest absolute Gasteiger partial charge is 0.372 e. The highest BCUT2D eigenvalue weighted by Crippen LogP contribution is 2.36. The van der Waals surface area contributed by atoms with Gasteiger partial charge in [0.2, 0.25) is 0 Å². The second-order valence-corrected chi connectivity index (χ2v) is 4.78. The summed E-state index contributed by atoms with van der Waals surface area (Å²) in [6, 6.07) is 1.24. The zero-order valence-electron chi connectivity index (χ0n) is 10.8. The van der Waals surface area contributed by atoms with Crippen LogP contribution in [0.1, 0.15) is 23.7 Å². The van der Waals surface area contributed by atoms with Gasteiger partial charge >= 0.3 is 0 Å². The average Bonchev–Trinajstić information content (AvgIpc) is 3.11. The van der Waals surface area contributed by atoms with Crippen molar-refractivity contribution in [2.75, 3.05) is 18.9 Å². The molecule has 0 aliphatic heterocycles. The van der Waals surface area contributed by atoms with Crippen molar-refractivity contribution >= 4 is 17.4 Å². The molecule has 0 aromatic carbocycles. The monoisotopic (exact) mass is 264 g/mol. The molecule has 1 aromatic rings. The summed E-state index contributed by atoms with van der Waals surface area (Å²) < 4.78 is 0. The van der Waals surface area contributed by atoms with Crippen LogP contribution in [0.2, 0.25) is 0 Å². The zero-order chi connectivity index (χ0) is 14.0. The number of nitro groups is 1. The SMILES string of the molecule is CNc1ncc([N+](=O)[O-])cc1C(=O)NCC1CC1C. The van der Waals surface area contributed by atoms with Crippen molar-refractivity contribution in [1.82, 2.24) is 10.3 Å². The van der Waals surface area contributed by atoms with Crippen LogP contribution < -0.4 is 10.6 Å². The maximum Gasteiger partial charge on any atom is 0.288 e. The molecule has 2 atom stereocenters. The van der Waals surface area contributed by atoms with Gasteiger partial charge in [-0.05, 0) is 18.3 Å². The molecule has 2 unspecified atom stereocenters. The average molecular weight is 264 g/mol. The molecular formula is C12H16N4O3. The first-order valence-corrected chi connectivity index (χ1v) is 6.13. The molecule has 1 amide bonds. The van der Waals surface area contributed by atoms with Crippen LogP contribution >= 0.6 is 0 Å². The van der Waals surface area contributed by atoms with Crippen LogP contribution in [-0.2, 0) is 0 Å². The van der Waals surface area contributed by atoms with Crippen LogP contribution in [0.4, 0.5) is 11.5 Å². The molecule has 7 heteroatoms. The minimum absolute atomic E-state index is 0.191. The molecule has 1 aromatic heterocycles. The van der Waals surface area contributed by atoms with Gasteiger partial charge in [0.25, 0.3) is 11.6 Å². The summed E-state index contributed by atoms with van der Waals surface area (Å²) in [5, 5.41) is 16.3. The summed E-state index contributed by atoms with van der Waals surface area (Å²) in [7, 11) is 1.62. The fraction of sp³-hybridized carbons (Fsp3) is 0.500.